The van der Waals surface area contributed by atoms with E-state index in [1.54, 1.807) is 12.1 Å². The molecule has 2 aliphatic rings. The first kappa shape index (κ1) is 13.4. The molecule has 0 radical (unpaired) electrons. The summed E-state index contributed by atoms with van der Waals surface area (Å²) in [4.78, 5) is 0. The minimum atomic E-state index is -0.583. The Balaban J connectivity index is 1.82. The van der Waals surface area contributed by atoms with E-state index in [4.69, 9.17) is 0 Å². The third-order valence-electron chi connectivity index (χ3n) is 4.61. The molecule has 4 heteroatoms. The maximum absolute atomic E-state index is 14.2. The van der Waals surface area contributed by atoms with Crippen LogP contribution in [0.25, 0.3) is 0 Å². The lowest BCUT2D eigenvalue weighted by Gasteiger charge is -2.37. The van der Waals surface area contributed by atoms with Gasteiger partial charge in [-0.1, -0.05) is 24.3 Å². The van der Waals surface area contributed by atoms with Gasteiger partial charge in [-0.3, -0.25) is 0 Å². The molecular formula is C18H14F3N. The van der Waals surface area contributed by atoms with Crippen molar-refractivity contribution in [1.29, 1.82) is 0 Å². The lowest BCUT2D eigenvalue weighted by Crippen LogP contribution is -2.29. The fourth-order valence-corrected chi connectivity index (χ4v) is 3.62. The molecule has 0 saturated heterocycles. The minimum absolute atomic E-state index is 0.0171. The summed E-state index contributed by atoms with van der Waals surface area (Å²) in [6, 6.07) is 8.43. The van der Waals surface area contributed by atoms with Crippen LogP contribution in [0.3, 0.4) is 0 Å². The van der Waals surface area contributed by atoms with Crippen molar-refractivity contribution in [2.45, 2.75) is 18.4 Å². The van der Waals surface area contributed by atoms with Crippen LogP contribution in [-0.2, 0) is 0 Å². The SMILES string of the molecule is Fc1ccc([C@@H]2Nc3c(F)cc(F)cc3[C@H]3C=CC[C@H]32)cc1. The maximum atomic E-state index is 14.2. The van der Waals surface area contributed by atoms with Crippen molar-refractivity contribution in [3.8, 4) is 0 Å². The number of fused-ring (bicyclic) bond motifs is 3. The van der Waals surface area contributed by atoms with E-state index >= 15 is 0 Å². The van der Waals surface area contributed by atoms with Gasteiger partial charge in [0, 0.05) is 12.0 Å². The van der Waals surface area contributed by atoms with Crippen molar-refractivity contribution in [2.75, 3.05) is 5.32 Å². The Morgan fingerprint density at radius 3 is 2.50 bits per heavy atom. The van der Waals surface area contributed by atoms with Crippen LogP contribution >= 0.6 is 0 Å². The first-order chi connectivity index (χ1) is 10.6. The third-order valence-corrected chi connectivity index (χ3v) is 4.61. The summed E-state index contributed by atoms with van der Waals surface area (Å²) in [5.74, 6) is -1.27. The highest BCUT2D eigenvalue weighted by Gasteiger charge is 2.39. The molecule has 0 amide bonds. The number of halogens is 3. The molecule has 4 rings (SSSR count). The summed E-state index contributed by atoms with van der Waals surface area (Å²) in [6.07, 6.45) is 4.89. The van der Waals surface area contributed by atoms with Crippen LogP contribution in [0.15, 0.2) is 48.6 Å². The Kier molecular flexibility index (Phi) is 2.99. The van der Waals surface area contributed by atoms with Crippen LogP contribution in [0.4, 0.5) is 18.9 Å². The molecule has 3 atom stereocenters. The molecule has 112 valence electrons. The van der Waals surface area contributed by atoms with E-state index < -0.39 is 11.6 Å². The molecule has 0 fully saturated rings. The summed E-state index contributed by atoms with van der Waals surface area (Å²) in [5, 5.41) is 3.20. The number of anilines is 1. The number of hydrogen-bond donors (Lipinski definition) is 1. The molecule has 0 aromatic heterocycles. The zero-order chi connectivity index (χ0) is 15.3. The van der Waals surface area contributed by atoms with Crippen LogP contribution in [0, 0.1) is 23.4 Å². The second-order valence-electron chi connectivity index (χ2n) is 5.88. The maximum Gasteiger partial charge on any atom is 0.149 e. The minimum Gasteiger partial charge on any atom is -0.375 e. The van der Waals surface area contributed by atoms with Gasteiger partial charge in [0.15, 0.2) is 0 Å². The van der Waals surface area contributed by atoms with Gasteiger partial charge in [0.05, 0.1) is 11.7 Å². The van der Waals surface area contributed by atoms with E-state index in [1.165, 1.54) is 18.2 Å². The van der Waals surface area contributed by atoms with Gasteiger partial charge in [-0.2, -0.15) is 0 Å². The molecule has 2 aromatic carbocycles. The summed E-state index contributed by atoms with van der Waals surface area (Å²) in [7, 11) is 0. The van der Waals surface area contributed by atoms with Gasteiger partial charge in [0.25, 0.3) is 0 Å². The molecule has 1 N–H and O–H groups in total. The van der Waals surface area contributed by atoms with E-state index in [1.807, 2.05) is 12.2 Å². The Hall–Kier alpha value is -2.23. The van der Waals surface area contributed by atoms with Gasteiger partial charge in [-0.25, -0.2) is 13.2 Å². The first-order valence-electron chi connectivity index (χ1n) is 7.31. The van der Waals surface area contributed by atoms with Crippen LogP contribution in [0.1, 0.15) is 29.5 Å². The average Bonchev–Trinajstić information content (AvgIpc) is 2.97. The van der Waals surface area contributed by atoms with Crippen molar-refractivity contribution < 1.29 is 13.2 Å². The quantitative estimate of drug-likeness (QED) is 0.736. The van der Waals surface area contributed by atoms with Crippen molar-refractivity contribution in [1.82, 2.24) is 0 Å². The first-order valence-corrected chi connectivity index (χ1v) is 7.31. The topological polar surface area (TPSA) is 12.0 Å². The molecule has 2 aromatic rings. The average molecular weight is 301 g/mol. The van der Waals surface area contributed by atoms with Gasteiger partial charge >= 0.3 is 0 Å². The van der Waals surface area contributed by atoms with Crippen molar-refractivity contribution in [2.24, 2.45) is 5.92 Å². The van der Waals surface area contributed by atoms with Crippen molar-refractivity contribution in [3.05, 3.63) is 77.1 Å². The number of benzene rings is 2. The molecule has 0 bridgehead atoms. The second-order valence-corrected chi connectivity index (χ2v) is 5.88. The van der Waals surface area contributed by atoms with Crippen molar-refractivity contribution in [3.63, 3.8) is 0 Å². The highest BCUT2D eigenvalue weighted by molar-refractivity contribution is 5.60. The van der Waals surface area contributed by atoms with Gasteiger partial charge in [0.1, 0.15) is 17.5 Å². The largest absolute Gasteiger partial charge is 0.375 e. The van der Waals surface area contributed by atoms with Crippen molar-refractivity contribution >= 4 is 5.69 Å². The predicted octanol–water partition coefficient (Wildman–Crippen LogP) is 4.93. The smallest absolute Gasteiger partial charge is 0.149 e. The highest BCUT2D eigenvalue weighted by atomic mass is 19.1. The zero-order valence-electron chi connectivity index (χ0n) is 11.7. The fourth-order valence-electron chi connectivity index (χ4n) is 3.62. The van der Waals surface area contributed by atoms with Crippen LogP contribution in [-0.4, -0.2) is 0 Å². The monoisotopic (exact) mass is 301 g/mol. The number of rotatable bonds is 1. The standard InChI is InChI=1S/C18H14F3N/c19-11-6-4-10(5-7-11)17-14-3-1-2-13(14)15-8-12(20)9-16(21)18(15)22-17/h1-2,4-9,13-14,17,22H,3H2/t13-,14+,17-/m0/s1. The Labute approximate surface area is 126 Å². The van der Waals surface area contributed by atoms with E-state index in [-0.39, 0.29) is 23.7 Å². The molecule has 1 aliphatic carbocycles. The summed E-state index contributed by atoms with van der Waals surface area (Å²) < 4.78 is 40.8. The Bertz CT molecular complexity index is 752. The molecule has 22 heavy (non-hydrogen) atoms. The second kappa shape index (κ2) is 4.90. The third kappa shape index (κ3) is 2.02. The van der Waals surface area contributed by atoms with E-state index in [2.05, 4.69) is 5.32 Å². The van der Waals surface area contributed by atoms with Crippen LogP contribution < -0.4 is 5.32 Å². The molecular weight excluding hydrogens is 287 g/mol. The Morgan fingerprint density at radius 2 is 1.73 bits per heavy atom. The highest BCUT2D eigenvalue weighted by Crippen LogP contribution is 2.50. The van der Waals surface area contributed by atoms with Crippen LogP contribution in [0.5, 0.6) is 0 Å². The van der Waals surface area contributed by atoms with E-state index in [9.17, 15) is 13.2 Å². The van der Waals surface area contributed by atoms with Gasteiger partial charge in [-0.05, 0) is 41.7 Å². The number of nitrogens with one attached hydrogen (secondary N) is 1. The number of hydrogen-bond acceptors (Lipinski definition) is 1. The fraction of sp³-hybridized carbons (Fsp3) is 0.222. The van der Waals surface area contributed by atoms with E-state index in [0.717, 1.165) is 18.1 Å². The lowest BCUT2D eigenvalue weighted by molar-refractivity contribution is 0.418. The van der Waals surface area contributed by atoms with Gasteiger partial charge < -0.3 is 5.32 Å². The van der Waals surface area contributed by atoms with Gasteiger partial charge in [0.2, 0.25) is 0 Å². The normalized spacial score (nSPS) is 25.5. The van der Waals surface area contributed by atoms with Crippen LogP contribution in [0.2, 0.25) is 0 Å². The summed E-state index contributed by atoms with van der Waals surface area (Å²) in [5.41, 5.74) is 1.92. The molecule has 1 heterocycles. The predicted molar refractivity (Wildman–Crippen MR) is 79.1 cm³/mol. The molecule has 1 aliphatic heterocycles. The van der Waals surface area contributed by atoms with E-state index in [0.29, 0.717) is 11.3 Å². The molecule has 1 nitrogen and oxygen atoms in total. The summed E-state index contributed by atoms with van der Waals surface area (Å²) >= 11 is 0. The lowest BCUT2D eigenvalue weighted by atomic mass is 9.77. The molecule has 0 unspecified atom stereocenters. The molecule has 0 spiro atoms. The number of allylic oxidation sites excluding steroid dienone is 2. The zero-order valence-corrected chi connectivity index (χ0v) is 11.7. The van der Waals surface area contributed by atoms with Gasteiger partial charge in [-0.15, -0.1) is 0 Å². The Morgan fingerprint density at radius 1 is 0.955 bits per heavy atom. The summed E-state index contributed by atoms with van der Waals surface area (Å²) in [6.45, 7) is 0. The molecule has 0 saturated carbocycles.